The number of ether oxygens (including phenoxy) is 1. The summed E-state index contributed by atoms with van der Waals surface area (Å²) >= 11 is 3.33. The topological polar surface area (TPSA) is 106 Å². The summed E-state index contributed by atoms with van der Waals surface area (Å²) in [5, 5.41) is 7.73. The van der Waals surface area contributed by atoms with Crippen LogP contribution in [0.15, 0.2) is 53.1 Å². The van der Waals surface area contributed by atoms with Crippen molar-refractivity contribution in [2.75, 3.05) is 36.4 Å². The number of aromatic nitrogens is 2. The van der Waals surface area contributed by atoms with Crippen LogP contribution in [-0.2, 0) is 24.3 Å². The van der Waals surface area contributed by atoms with Crippen molar-refractivity contribution in [2.45, 2.75) is 19.6 Å². The van der Waals surface area contributed by atoms with Gasteiger partial charge in [0.1, 0.15) is 22.6 Å². The molecule has 0 unspecified atom stereocenters. The number of hydrogen-bond donors (Lipinski definition) is 2. The van der Waals surface area contributed by atoms with Gasteiger partial charge >= 0.3 is 6.09 Å². The number of carbonyl (C=O) groups is 2. The summed E-state index contributed by atoms with van der Waals surface area (Å²) in [5.41, 5.74) is 10.1. The SMILES string of the molecule is NC(=O)c1c(Br)nn2c1Nc1ccc(N3CCN(C(=O)OCc4ccccc4)CC3)cc1CC2. The van der Waals surface area contributed by atoms with Crippen LogP contribution in [0, 0.1) is 0 Å². The number of aryl methyl sites for hydroxylation is 2. The number of primary amides is 1. The molecule has 10 heteroatoms. The molecule has 0 radical (unpaired) electrons. The van der Waals surface area contributed by atoms with Crippen molar-refractivity contribution in [1.82, 2.24) is 14.7 Å². The van der Waals surface area contributed by atoms with Gasteiger partial charge in [-0.05, 0) is 51.7 Å². The van der Waals surface area contributed by atoms with E-state index in [1.165, 1.54) is 0 Å². The zero-order valence-electron chi connectivity index (χ0n) is 18.5. The Balaban J connectivity index is 1.22. The number of piperazine rings is 1. The maximum absolute atomic E-state index is 12.5. The van der Waals surface area contributed by atoms with Crippen molar-refractivity contribution in [3.05, 3.63) is 69.8 Å². The second-order valence-corrected chi connectivity index (χ2v) is 9.08. The monoisotopic (exact) mass is 524 g/mol. The highest BCUT2D eigenvalue weighted by atomic mass is 79.9. The first-order valence-corrected chi connectivity index (χ1v) is 12.0. The lowest BCUT2D eigenvalue weighted by molar-refractivity contribution is 0.0941. The minimum atomic E-state index is -0.527. The maximum Gasteiger partial charge on any atom is 0.410 e. The zero-order valence-corrected chi connectivity index (χ0v) is 20.1. The lowest BCUT2D eigenvalue weighted by Gasteiger charge is -2.35. The third kappa shape index (κ3) is 4.45. The van der Waals surface area contributed by atoms with E-state index in [1.807, 2.05) is 36.4 Å². The van der Waals surface area contributed by atoms with Crippen LogP contribution in [0.25, 0.3) is 0 Å². The van der Waals surface area contributed by atoms with E-state index in [2.05, 4.69) is 43.4 Å². The third-order valence-corrected chi connectivity index (χ3v) is 6.75. The van der Waals surface area contributed by atoms with E-state index in [1.54, 1.807) is 9.58 Å². The van der Waals surface area contributed by atoms with Crippen molar-refractivity contribution in [2.24, 2.45) is 5.73 Å². The lowest BCUT2D eigenvalue weighted by atomic mass is 10.1. The summed E-state index contributed by atoms with van der Waals surface area (Å²) in [5.74, 6) is 0.0781. The minimum Gasteiger partial charge on any atom is -0.445 e. The molecule has 2 amide bonds. The van der Waals surface area contributed by atoms with Crippen LogP contribution in [0.4, 0.5) is 22.0 Å². The summed E-state index contributed by atoms with van der Waals surface area (Å²) in [7, 11) is 0. The molecular weight excluding hydrogens is 500 g/mol. The Morgan fingerprint density at radius 2 is 1.82 bits per heavy atom. The van der Waals surface area contributed by atoms with Crippen molar-refractivity contribution < 1.29 is 14.3 Å². The summed E-state index contributed by atoms with van der Waals surface area (Å²) in [6.07, 6.45) is 0.488. The molecule has 2 aliphatic rings. The van der Waals surface area contributed by atoms with Crippen LogP contribution >= 0.6 is 15.9 Å². The number of rotatable bonds is 4. The summed E-state index contributed by atoms with van der Waals surface area (Å²) in [6.45, 7) is 3.58. The first kappa shape index (κ1) is 22.3. The fourth-order valence-corrected chi connectivity index (χ4v) is 4.93. The van der Waals surface area contributed by atoms with Crippen molar-refractivity contribution in [3.8, 4) is 0 Å². The molecule has 0 spiro atoms. The lowest BCUT2D eigenvalue weighted by Crippen LogP contribution is -2.49. The average molecular weight is 525 g/mol. The Morgan fingerprint density at radius 3 is 2.56 bits per heavy atom. The van der Waals surface area contributed by atoms with Gasteiger partial charge in [0, 0.05) is 44.1 Å². The molecule has 2 aliphatic heterocycles. The van der Waals surface area contributed by atoms with Gasteiger partial charge in [-0.15, -0.1) is 0 Å². The van der Waals surface area contributed by atoms with Gasteiger partial charge in [-0.3, -0.25) is 4.79 Å². The molecule has 34 heavy (non-hydrogen) atoms. The van der Waals surface area contributed by atoms with Crippen LogP contribution in [-0.4, -0.2) is 52.9 Å². The number of fused-ring (bicyclic) bond motifs is 2. The molecular formula is C24H25BrN6O3. The molecule has 0 aliphatic carbocycles. The number of anilines is 3. The van der Waals surface area contributed by atoms with Crippen LogP contribution in [0.2, 0.25) is 0 Å². The Morgan fingerprint density at radius 1 is 1.06 bits per heavy atom. The number of hydrogen-bond acceptors (Lipinski definition) is 6. The maximum atomic E-state index is 12.5. The molecule has 2 aromatic carbocycles. The highest BCUT2D eigenvalue weighted by Gasteiger charge is 2.26. The second kappa shape index (κ2) is 9.38. The van der Waals surface area contributed by atoms with E-state index in [0.29, 0.717) is 35.6 Å². The highest BCUT2D eigenvalue weighted by molar-refractivity contribution is 9.10. The van der Waals surface area contributed by atoms with Gasteiger partial charge in [0.15, 0.2) is 0 Å². The van der Waals surface area contributed by atoms with Crippen molar-refractivity contribution in [1.29, 1.82) is 0 Å². The van der Waals surface area contributed by atoms with Crippen molar-refractivity contribution >= 4 is 45.1 Å². The van der Waals surface area contributed by atoms with Gasteiger partial charge in [-0.2, -0.15) is 5.10 Å². The van der Waals surface area contributed by atoms with Crippen LogP contribution in [0.3, 0.4) is 0 Å². The highest BCUT2D eigenvalue weighted by Crippen LogP contribution is 2.34. The van der Waals surface area contributed by atoms with Gasteiger partial charge in [0.05, 0.1) is 0 Å². The Kier molecular flexibility index (Phi) is 6.14. The normalized spacial score (nSPS) is 15.1. The molecule has 1 aromatic heterocycles. The quantitative estimate of drug-likeness (QED) is 0.540. The van der Waals surface area contributed by atoms with E-state index in [-0.39, 0.29) is 12.7 Å². The third-order valence-electron chi connectivity index (χ3n) is 6.20. The van der Waals surface area contributed by atoms with E-state index < -0.39 is 5.91 Å². The number of benzene rings is 2. The number of nitrogens with one attached hydrogen (secondary N) is 1. The molecule has 0 bridgehead atoms. The van der Waals surface area contributed by atoms with Crippen molar-refractivity contribution in [3.63, 3.8) is 0 Å². The van der Waals surface area contributed by atoms with E-state index >= 15 is 0 Å². The number of carbonyl (C=O) groups excluding carboxylic acids is 2. The number of nitrogens with zero attached hydrogens (tertiary/aromatic N) is 4. The molecule has 3 aromatic rings. The molecule has 3 N–H and O–H groups in total. The molecule has 0 atom stereocenters. The number of halogens is 1. The average Bonchev–Trinajstić information content (AvgIpc) is 3.06. The van der Waals surface area contributed by atoms with Gasteiger partial charge in [-0.25, -0.2) is 9.48 Å². The molecule has 3 heterocycles. The molecule has 0 saturated carbocycles. The fraction of sp³-hybridized carbons (Fsp3) is 0.292. The predicted octanol–water partition coefficient (Wildman–Crippen LogP) is 3.50. The van der Waals surface area contributed by atoms with Gasteiger partial charge in [0.25, 0.3) is 5.91 Å². The molecule has 9 nitrogen and oxygen atoms in total. The van der Waals surface area contributed by atoms with Crippen LogP contribution in [0.5, 0.6) is 0 Å². The first-order chi connectivity index (χ1) is 16.5. The summed E-state index contributed by atoms with van der Waals surface area (Å²) < 4.78 is 7.68. The van der Waals surface area contributed by atoms with Crippen LogP contribution in [0.1, 0.15) is 21.5 Å². The summed E-state index contributed by atoms with van der Waals surface area (Å²) in [6, 6.07) is 15.9. The number of amides is 2. The largest absolute Gasteiger partial charge is 0.445 e. The zero-order chi connectivity index (χ0) is 23.7. The smallest absolute Gasteiger partial charge is 0.410 e. The molecule has 1 saturated heterocycles. The first-order valence-electron chi connectivity index (χ1n) is 11.2. The standard InChI is InChI=1S/C24H25BrN6O3/c25-21-20(22(26)32)23-27-19-7-6-18(14-17(19)8-9-31(23)28-21)29-10-12-30(13-11-29)24(33)34-15-16-4-2-1-3-5-16/h1-7,14,27H,8-13,15H2,(H2,26,32). The fourth-order valence-electron chi connectivity index (χ4n) is 4.36. The minimum absolute atomic E-state index is 0.277. The Labute approximate surface area is 205 Å². The summed E-state index contributed by atoms with van der Waals surface area (Å²) in [4.78, 5) is 28.4. The van der Waals surface area contributed by atoms with E-state index in [9.17, 15) is 9.59 Å². The number of nitrogens with two attached hydrogens (primary N) is 1. The molecule has 176 valence electrons. The van der Waals surface area contributed by atoms with Gasteiger partial charge in [0.2, 0.25) is 0 Å². The van der Waals surface area contributed by atoms with Gasteiger partial charge < -0.3 is 25.6 Å². The van der Waals surface area contributed by atoms with Gasteiger partial charge in [-0.1, -0.05) is 30.3 Å². The second-order valence-electron chi connectivity index (χ2n) is 8.33. The van der Waals surface area contributed by atoms with Crippen LogP contribution < -0.4 is 16.0 Å². The molecule has 1 fully saturated rings. The predicted molar refractivity (Wildman–Crippen MR) is 132 cm³/mol. The van der Waals surface area contributed by atoms with E-state index in [4.69, 9.17) is 10.5 Å². The Hall–Kier alpha value is -3.53. The Bertz CT molecular complexity index is 1220. The molecule has 5 rings (SSSR count). The van der Waals surface area contributed by atoms with E-state index in [0.717, 1.165) is 42.0 Å².